The van der Waals surface area contributed by atoms with Crippen molar-refractivity contribution in [3.63, 3.8) is 0 Å². The lowest BCUT2D eigenvalue weighted by Crippen LogP contribution is -2.45. The first-order valence-electron chi connectivity index (χ1n) is 15.5. The highest BCUT2D eigenvalue weighted by Gasteiger charge is 2.43. The summed E-state index contributed by atoms with van der Waals surface area (Å²) in [5.41, 5.74) is 6.72. The molecule has 0 amide bonds. The highest BCUT2D eigenvalue weighted by molar-refractivity contribution is 5.42. The first-order chi connectivity index (χ1) is 19.9. The van der Waals surface area contributed by atoms with Gasteiger partial charge in [-0.15, -0.1) is 0 Å². The average Bonchev–Trinajstić information content (AvgIpc) is 2.83. The van der Waals surface area contributed by atoms with E-state index in [4.69, 9.17) is 0 Å². The molecular weight excluding hydrogens is 528 g/mol. The summed E-state index contributed by atoms with van der Waals surface area (Å²) < 4.78 is 0. The molecule has 2 rings (SSSR count). The molecule has 1 saturated carbocycles. The molecule has 234 valence electrons. The molecule has 0 aromatic heterocycles. The molecule has 0 aliphatic heterocycles. The van der Waals surface area contributed by atoms with Gasteiger partial charge in [0.15, 0.2) is 0 Å². The van der Waals surface area contributed by atoms with Gasteiger partial charge < -0.3 is 15.3 Å². The minimum absolute atomic E-state index is 0.0339. The third kappa shape index (κ3) is 11.9. The van der Waals surface area contributed by atoms with E-state index >= 15 is 0 Å². The van der Waals surface area contributed by atoms with Crippen molar-refractivity contribution in [2.45, 2.75) is 106 Å². The Hall–Kier alpha value is -2.98. The van der Waals surface area contributed by atoms with Crippen molar-refractivity contribution in [3.8, 4) is 0 Å². The fourth-order valence-corrected chi connectivity index (χ4v) is 6.20. The molecule has 3 N–H and O–H groups in total. The Morgan fingerprint density at radius 2 is 1.12 bits per heavy atom. The summed E-state index contributed by atoms with van der Waals surface area (Å²) in [6, 6.07) is 0. The van der Waals surface area contributed by atoms with Gasteiger partial charge in [-0.05, 0) is 81.9 Å². The molecule has 2 aliphatic rings. The van der Waals surface area contributed by atoms with Crippen molar-refractivity contribution in [1.82, 2.24) is 0 Å². The lowest BCUT2D eigenvalue weighted by atomic mass is 9.65. The van der Waals surface area contributed by atoms with Gasteiger partial charge in [0, 0.05) is 6.42 Å². The molecule has 0 radical (unpaired) electrons. The maximum atomic E-state index is 10.9. The number of hydrogen-bond acceptors (Lipinski definition) is 3. The van der Waals surface area contributed by atoms with E-state index in [1.165, 1.54) is 16.7 Å². The lowest BCUT2D eigenvalue weighted by molar-refractivity contribution is -0.0271. The Bertz CT molecular complexity index is 1300. The van der Waals surface area contributed by atoms with E-state index < -0.39 is 11.7 Å². The van der Waals surface area contributed by atoms with E-state index in [1.54, 1.807) is 6.92 Å². The number of allylic oxidation sites excluding steroid dienone is 20. The standard InChI is InChI=1S/C40H56O3/c1-29(17-13-19-31(3)21-23-36-33(5)25-34(41)26-38(36,6)7)15-11-12-16-30(2)18-14-20-32(4)22-24-37-39(8,9)27-35(42)28-40(37,10)43/h11-25,34-35,41-43H,26-28H2,1-10H3/b15-11+,16-12+,19-13+,20-14+,29-17+,30-18+,31-21+,32-22+,36-23-,37-24-/t34-,35+,40-/m1/s1. The van der Waals surface area contributed by atoms with E-state index in [9.17, 15) is 15.3 Å². The smallest absolute Gasteiger partial charge is 0.0861 e. The Kier molecular flexibility index (Phi) is 13.2. The predicted molar refractivity (Wildman–Crippen MR) is 186 cm³/mol. The van der Waals surface area contributed by atoms with Crippen LogP contribution in [0.3, 0.4) is 0 Å². The molecule has 3 heteroatoms. The Balaban J connectivity index is 1.94. The molecule has 2 aliphatic carbocycles. The van der Waals surface area contributed by atoms with E-state index in [1.807, 2.05) is 30.4 Å². The first-order valence-corrected chi connectivity index (χ1v) is 15.5. The molecule has 0 spiro atoms. The maximum Gasteiger partial charge on any atom is 0.0861 e. The highest BCUT2D eigenvalue weighted by Crippen LogP contribution is 2.46. The monoisotopic (exact) mass is 584 g/mol. The largest absolute Gasteiger partial charge is 0.393 e. The summed E-state index contributed by atoms with van der Waals surface area (Å²) in [6.45, 7) is 20.7. The van der Waals surface area contributed by atoms with Crippen LogP contribution in [-0.2, 0) is 0 Å². The number of aliphatic hydroxyl groups excluding tert-OH is 2. The maximum absolute atomic E-state index is 10.9. The van der Waals surface area contributed by atoms with Crippen molar-refractivity contribution in [2.24, 2.45) is 10.8 Å². The van der Waals surface area contributed by atoms with Gasteiger partial charge >= 0.3 is 0 Å². The van der Waals surface area contributed by atoms with E-state index in [0.29, 0.717) is 12.8 Å². The van der Waals surface area contributed by atoms with Crippen LogP contribution in [0.5, 0.6) is 0 Å². The number of aliphatic hydroxyl groups is 3. The molecule has 0 bridgehead atoms. The van der Waals surface area contributed by atoms with Crippen molar-refractivity contribution in [3.05, 3.63) is 130 Å². The van der Waals surface area contributed by atoms with Gasteiger partial charge in [0.1, 0.15) is 0 Å². The minimum atomic E-state index is -0.996. The van der Waals surface area contributed by atoms with Crippen LogP contribution in [0.4, 0.5) is 0 Å². The second-order valence-electron chi connectivity index (χ2n) is 14.0. The van der Waals surface area contributed by atoms with Gasteiger partial charge in [-0.3, -0.25) is 0 Å². The molecule has 0 unspecified atom stereocenters. The van der Waals surface area contributed by atoms with E-state index in [-0.39, 0.29) is 16.9 Å². The van der Waals surface area contributed by atoms with Gasteiger partial charge in [0.2, 0.25) is 0 Å². The predicted octanol–water partition coefficient (Wildman–Crippen LogP) is 9.52. The minimum Gasteiger partial charge on any atom is -0.393 e. The zero-order valence-corrected chi connectivity index (χ0v) is 28.3. The Morgan fingerprint density at radius 1 is 0.651 bits per heavy atom. The molecule has 43 heavy (non-hydrogen) atoms. The summed E-state index contributed by atoms with van der Waals surface area (Å²) >= 11 is 0. The Labute approximate surface area is 262 Å². The quantitative estimate of drug-likeness (QED) is 0.237. The van der Waals surface area contributed by atoms with E-state index in [0.717, 1.165) is 28.7 Å². The molecule has 0 aromatic carbocycles. The van der Waals surface area contributed by atoms with Crippen molar-refractivity contribution < 1.29 is 15.3 Å². The van der Waals surface area contributed by atoms with Crippen molar-refractivity contribution in [1.29, 1.82) is 0 Å². The molecule has 0 aromatic rings. The van der Waals surface area contributed by atoms with Crippen molar-refractivity contribution in [2.75, 3.05) is 0 Å². The van der Waals surface area contributed by atoms with E-state index in [2.05, 4.69) is 123 Å². The van der Waals surface area contributed by atoms with Crippen LogP contribution in [0.2, 0.25) is 0 Å². The van der Waals surface area contributed by atoms with Crippen LogP contribution >= 0.6 is 0 Å². The molecule has 0 heterocycles. The average molecular weight is 585 g/mol. The van der Waals surface area contributed by atoms with Crippen LogP contribution in [0.1, 0.15) is 88.5 Å². The van der Waals surface area contributed by atoms with Crippen LogP contribution < -0.4 is 0 Å². The van der Waals surface area contributed by atoms with Crippen LogP contribution in [0.15, 0.2) is 130 Å². The SMILES string of the molecule is CC1=C[C@@H](O)CC(C)(C)\C1=C/C=C(C)/C=C/C=C(C)/C=C/C=C/C(C)=C/C=C/C(C)=C/C=C1/C(C)(C)C[C@H](O)C[C@@]1(C)O. The highest BCUT2D eigenvalue weighted by atomic mass is 16.3. The second kappa shape index (κ2) is 15.7. The molecule has 3 nitrogen and oxygen atoms in total. The summed E-state index contributed by atoms with van der Waals surface area (Å²) in [4.78, 5) is 0. The Morgan fingerprint density at radius 3 is 1.60 bits per heavy atom. The van der Waals surface area contributed by atoms with Crippen molar-refractivity contribution >= 4 is 0 Å². The van der Waals surface area contributed by atoms with Gasteiger partial charge in [0.25, 0.3) is 0 Å². The number of hydrogen-bond donors (Lipinski definition) is 3. The second-order valence-corrected chi connectivity index (χ2v) is 14.0. The fraction of sp³-hybridized carbons (Fsp3) is 0.450. The molecule has 1 fully saturated rings. The van der Waals surface area contributed by atoms with Crippen LogP contribution in [-0.4, -0.2) is 33.1 Å². The topological polar surface area (TPSA) is 60.7 Å². The number of rotatable bonds is 9. The van der Waals surface area contributed by atoms with Gasteiger partial charge in [-0.25, -0.2) is 0 Å². The molecule has 3 atom stereocenters. The zero-order valence-electron chi connectivity index (χ0n) is 28.3. The van der Waals surface area contributed by atoms with Crippen LogP contribution in [0.25, 0.3) is 0 Å². The van der Waals surface area contributed by atoms with Crippen LogP contribution in [0, 0.1) is 10.8 Å². The summed E-state index contributed by atoms with van der Waals surface area (Å²) in [6.07, 6.45) is 32.1. The first kappa shape index (κ1) is 36.2. The lowest BCUT2D eigenvalue weighted by Gasteiger charge is -2.45. The fourth-order valence-electron chi connectivity index (χ4n) is 6.20. The third-order valence-corrected chi connectivity index (χ3v) is 8.30. The van der Waals surface area contributed by atoms with Gasteiger partial charge in [-0.2, -0.15) is 0 Å². The third-order valence-electron chi connectivity index (χ3n) is 8.30. The molecule has 0 saturated heterocycles. The van der Waals surface area contributed by atoms with Gasteiger partial charge in [0.05, 0.1) is 17.8 Å². The zero-order chi connectivity index (χ0) is 32.4. The molecular formula is C40H56O3. The summed E-state index contributed by atoms with van der Waals surface area (Å²) in [7, 11) is 0. The summed E-state index contributed by atoms with van der Waals surface area (Å²) in [5, 5.41) is 31.1. The normalized spacial score (nSPS) is 29.7. The van der Waals surface area contributed by atoms with Gasteiger partial charge in [-0.1, -0.05) is 141 Å². The summed E-state index contributed by atoms with van der Waals surface area (Å²) in [5.74, 6) is 0.